The molecule has 0 aliphatic carbocycles. The molecule has 0 saturated carbocycles. The number of thioether (sulfide) groups is 1. The van der Waals surface area contributed by atoms with Crippen LogP contribution in [0.1, 0.15) is 13.3 Å². The van der Waals surface area contributed by atoms with E-state index in [4.69, 9.17) is 9.84 Å². The van der Waals surface area contributed by atoms with Crippen LogP contribution in [0.2, 0.25) is 0 Å². The van der Waals surface area contributed by atoms with Crippen LogP contribution in [0.25, 0.3) is 0 Å². The highest BCUT2D eigenvalue weighted by Gasteiger charge is 2.22. The summed E-state index contributed by atoms with van der Waals surface area (Å²) >= 11 is 0.960. The van der Waals surface area contributed by atoms with Gasteiger partial charge in [-0.3, -0.25) is 14.9 Å². The van der Waals surface area contributed by atoms with E-state index in [9.17, 15) is 14.9 Å². The van der Waals surface area contributed by atoms with Gasteiger partial charge in [-0.1, -0.05) is 6.92 Å². The second-order valence-corrected chi connectivity index (χ2v) is 4.69. The fourth-order valence-electron chi connectivity index (χ4n) is 1.33. The average Bonchev–Trinajstić information content (AvgIpc) is 2.34. The maximum Gasteiger partial charge on any atom is 0.316 e. The summed E-state index contributed by atoms with van der Waals surface area (Å²) in [7, 11) is 1.45. The highest BCUT2D eigenvalue weighted by Crippen LogP contribution is 2.36. The van der Waals surface area contributed by atoms with Gasteiger partial charge in [0.25, 0.3) is 5.69 Å². The highest BCUT2D eigenvalue weighted by molar-refractivity contribution is 8.00. The van der Waals surface area contributed by atoms with Crippen LogP contribution in [-0.2, 0) is 4.79 Å². The molecule has 1 atom stereocenters. The third kappa shape index (κ3) is 3.36. The minimum atomic E-state index is -0.986. The number of nitro benzene ring substituents is 1. The zero-order valence-electron chi connectivity index (χ0n) is 9.95. The van der Waals surface area contributed by atoms with Crippen LogP contribution in [0, 0.1) is 10.1 Å². The van der Waals surface area contributed by atoms with Gasteiger partial charge in [-0.05, 0) is 12.5 Å². The minimum Gasteiger partial charge on any atom is -0.497 e. The molecule has 1 aromatic carbocycles. The molecule has 0 heterocycles. The summed E-state index contributed by atoms with van der Waals surface area (Å²) in [5.74, 6) is -0.525. The first-order valence-electron chi connectivity index (χ1n) is 5.21. The number of nitrogens with zero attached hydrogens (tertiary/aromatic N) is 1. The van der Waals surface area contributed by atoms with Crippen LogP contribution in [0.15, 0.2) is 23.1 Å². The van der Waals surface area contributed by atoms with Crippen molar-refractivity contribution in [3.05, 3.63) is 28.3 Å². The maximum atomic E-state index is 10.9. The lowest BCUT2D eigenvalue weighted by Crippen LogP contribution is -2.14. The molecular formula is C11H13NO5S. The van der Waals surface area contributed by atoms with Crippen molar-refractivity contribution < 1.29 is 19.6 Å². The van der Waals surface area contributed by atoms with E-state index in [-0.39, 0.29) is 5.69 Å². The number of benzene rings is 1. The quantitative estimate of drug-likeness (QED) is 0.486. The number of methoxy groups -OCH3 is 1. The molecule has 1 unspecified atom stereocenters. The Bertz CT molecular complexity index is 463. The Balaban J connectivity index is 3.11. The second-order valence-electron chi connectivity index (χ2n) is 3.44. The van der Waals surface area contributed by atoms with E-state index in [1.54, 1.807) is 6.92 Å². The van der Waals surface area contributed by atoms with Gasteiger partial charge in [-0.25, -0.2) is 0 Å². The number of carboxylic acid groups (broad SMARTS) is 1. The molecule has 18 heavy (non-hydrogen) atoms. The summed E-state index contributed by atoms with van der Waals surface area (Å²) in [5.41, 5.74) is -0.111. The van der Waals surface area contributed by atoms with Crippen molar-refractivity contribution in [2.24, 2.45) is 0 Å². The Labute approximate surface area is 108 Å². The molecule has 0 radical (unpaired) electrons. The summed E-state index contributed by atoms with van der Waals surface area (Å²) in [4.78, 5) is 21.6. The summed E-state index contributed by atoms with van der Waals surface area (Å²) in [6.07, 6.45) is 0.383. The van der Waals surface area contributed by atoms with E-state index < -0.39 is 16.1 Å². The Morgan fingerprint density at radius 2 is 2.28 bits per heavy atom. The predicted molar refractivity (Wildman–Crippen MR) is 67.2 cm³/mol. The first-order chi connectivity index (χ1) is 8.49. The van der Waals surface area contributed by atoms with Gasteiger partial charge in [0.05, 0.1) is 16.9 Å². The molecule has 0 amide bonds. The molecule has 0 fully saturated rings. The molecule has 0 aliphatic rings. The van der Waals surface area contributed by atoms with Gasteiger partial charge in [-0.15, -0.1) is 11.8 Å². The van der Waals surface area contributed by atoms with E-state index in [1.165, 1.54) is 25.3 Å². The number of hydrogen-bond donors (Lipinski definition) is 1. The number of carboxylic acids is 1. The van der Waals surface area contributed by atoms with Crippen molar-refractivity contribution in [1.82, 2.24) is 0 Å². The number of aliphatic carboxylic acids is 1. The molecule has 1 aromatic rings. The molecule has 98 valence electrons. The van der Waals surface area contributed by atoms with Crippen molar-refractivity contribution in [2.45, 2.75) is 23.5 Å². The van der Waals surface area contributed by atoms with Gasteiger partial charge in [0, 0.05) is 12.1 Å². The first kappa shape index (κ1) is 14.3. The number of carbonyl (C=O) groups is 1. The van der Waals surface area contributed by atoms with Gasteiger partial charge in [0.2, 0.25) is 0 Å². The first-order valence-corrected chi connectivity index (χ1v) is 6.09. The van der Waals surface area contributed by atoms with Crippen molar-refractivity contribution in [2.75, 3.05) is 7.11 Å². The standard InChI is InChI=1S/C11H13NO5S/c1-3-9(11(13)14)18-10-6-7(17-2)4-5-8(10)12(15)16/h4-6,9H,3H2,1-2H3,(H,13,14). The molecule has 0 bridgehead atoms. The molecule has 1 rings (SSSR count). The third-order valence-electron chi connectivity index (χ3n) is 2.28. The lowest BCUT2D eigenvalue weighted by Gasteiger charge is -2.10. The topological polar surface area (TPSA) is 89.7 Å². The molecule has 0 spiro atoms. The Hall–Kier alpha value is -1.76. The van der Waals surface area contributed by atoms with Crippen LogP contribution in [0.5, 0.6) is 5.75 Å². The molecule has 6 nitrogen and oxygen atoms in total. The van der Waals surface area contributed by atoms with E-state index in [0.717, 1.165) is 11.8 Å². The number of ether oxygens (including phenoxy) is 1. The predicted octanol–water partition coefficient (Wildman–Crippen LogP) is 2.56. The smallest absolute Gasteiger partial charge is 0.316 e. The SMILES string of the molecule is CCC(Sc1cc(OC)ccc1[N+](=O)[O-])C(=O)O. The minimum absolute atomic E-state index is 0.111. The lowest BCUT2D eigenvalue weighted by atomic mass is 10.3. The van der Waals surface area contributed by atoms with Gasteiger partial charge < -0.3 is 9.84 Å². The third-order valence-corrected chi connectivity index (χ3v) is 3.68. The number of nitro groups is 1. The molecule has 1 N–H and O–H groups in total. The van der Waals surface area contributed by atoms with E-state index in [1.807, 2.05) is 0 Å². The fourth-order valence-corrected chi connectivity index (χ4v) is 2.35. The molecule has 0 aliphatic heterocycles. The van der Waals surface area contributed by atoms with Gasteiger partial charge >= 0.3 is 5.97 Å². The Morgan fingerprint density at radius 1 is 1.61 bits per heavy atom. The van der Waals surface area contributed by atoms with E-state index >= 15 is 0 Å². The monoisotopic (exact) mass is 271 g/mol. The van der Waals surface area contributed by atoms with E-state index in [2.05, 4.69) is 0 Å². The van der Waals surface area contributed by atoms with Crippen LogP contribution < -0.4 is 4.74 Å². The lowest BCUT2D eigenvalue weighted by molar-refractivity contribution is -0.387. The number of rotatable bonds is 6. The van der Waals surface area contributed by atoms with Crippen molar-refractivity contribution in [3.8, 4) is 5.75 Å². The van der Waals surface area contributed by atoms with Gasteiger partial charge in [0.1, 0.15) is 11.0 Å². The molecular weight excluding hydrogens is 258 g/mol. The van der Waals surface area contributed by atoms with Crippen molar-refractivity contribution in [3.63, 3.8) is 0 Å². The molecule has 0 saturated heterocycles. The van der Waals surface area contributed by atoms with E-state index in [0.29, 0.717) is 17.1 Å². The van der Waals surface area contributed by atoms with Crippen LogP contribution in [0.3, 0.4) is 0 Å². The second kappa shape index (κ2) is 6.25. The van der Waals surface area contributed by atoms with Gasteiger partial charge in [-0.2, -0.15) is 0 Å². The fraction of sp³-hybridized carbons (Fsp3) is 0.364. The largest absolute Gasteiger partial charge is 0.497 e. The zero-order chi connectivity index (χ0) is 13.7. The maximum absolute atomic E-state index is 10.9. The highest BCUT2D eigenvalue weighted by atomic mass is 32.2. The Kier molecular flexibility index (Phi) is 4.96. The molecule has 0 aromatic heterocycles. The summed E-state index contributed by atoms with van der Waals surface area (Å²) in [6, 6.07) is 4.27. The van der Waals surface area contributed by atoms with Gasteiger partial charge in [0.15, 0.2) is 0 Å². The van der Waals surface area contributed by atoms with Crippen molar-refractivity contribution in [1.29, 1.82) is 0 Å². The van der Waals surface area contributed by atoms with Crippen LogP contribution in [0.4, 0.5) is 5.69 Å². The summed E-state index contributed by atoms with van der Waals surface area (Å²) in [6.45, 7) is 1.72. The molecule has 7 heteroatoms. The Morgan fingerprint density at radius 3 is 2.72 bits per heavy atom. The van der Waals surface area contributed by atoms with Crippen molar-refractivity contribution >= 4 is 23.4 Å². The van der Waals surface area contributed by atoms with Crippen LogP contribution >= 0.6 is 11.8 Å². The summed E-state index contributed by atoms with van der Waals surface area (Å²) < 4.78 is 4.98. The average molecular weight is 271 g/mol. The zero-order valence-corrected chi connectivity index (χ0v) is 10.8. The van der Waals surface area contributed by atoms with Crippen LogP contribution in [-0.4, -0.2) is 28.4 Å². The number of hydrogen-bond acceptors (Lipinski definition) is 5. The summed E-state index contributed by atoms with van der Waals surface area (Å²) in [5, 5.41) is 19.1. The normalized spacial score (nSPS) is 11.9.